The maximum atomic E-state index is 12.4. The van der Waals surface area contributed by atoms with E-state index in [4.69, 9.17) is 5.73 Å². The van der Waals surface area contributed by atoms with E-state index in [1.165, 1.54) is 29.7 Å². The fourth-order valence-corrected chi connectivity index (χ4v) is 3.89. The van der Waals surface area contributed by atoms with E-state index in [0.717, 1.165) is 23.3 Å². The van der Waals surface area contributed by atoms with E-state index in [9.17, 15) is 4.79 Å². The molecule has 1 heterocycles. The molecule has 3 N–H and O–H groups in total. The number of fused-ring (bicyclic) bond motifs is 1. The Hall–Kier alpha value is -1.81. The molecule has 110 valence electrons. The van der Waals surface area contributed by atoms with Crippen LogP contribution in [-0.2, 0) is 12.8 Å². The first-order valence-electron chi connectivity index (χ1n) is 7.42. The second-order valence-electron chi connectivity index (χ2n) is 5.66. The van der Waals surface area contributed by atoms with Crippen LogP contribution in [0.4, 0.5) is 11.4 Å². The van der Waals surface area contributed by atoms with E-state index in [-0.39, 0.29) is 5.91 Å². The summed E-state index contributed by atoms with van der Waals surface area (Å²) in [7, 11) is 0. The fourth-order valence-electron chi connectivity index (χ4n) is 2.74. The average molecular weight is 300 g/mol. The van der Waals surface area contributed by atoms with Crippen LogP contribution in [0.2, 0.25) is 0 Å². The Morgan fingerprint density at radius 1 is 1.19 bits per heavy atom. The van der Waals surface area contributed by atoms with Crippen LogP contribution in [0.15, 0.2) is 24.3 Å². The number of benzene rings is 1. The molecule has 1 aliphatic rings. The van der Waals surface area contributed by atoms with Gasteiger partial charge in [-0.3, -0.25) is 4.79 Å². The lowest BCUT2D eigenvalue weighted by Crippen LogP contribution is -2.11. The van der Waals surface area contributed by atoms with Gasteiger partial charge in [0.2, 0.25) is 0 Å². The lowest BCUT2D eigenvalue weighted by atomic mass is 10.1. The molecular weight excluding hydrogens is 280 g/mol. The second kappa shape index (κ2) is 5.90. The monoisotopic (exact) mass is 300 g/mol. The van der Waals surface area contributed by atoms with E-state index in [0.29, 0.717) is 11.4 Å². The van der Waals surface area contributed by atoms with Crippen molar-refractivity contribution in [2.45, 2.75) is 39.0 Å². The van der Waals surface area contributed by atoms with E-state index < -0.39 is 0 Å². The predicted molar refractivity (Wildman–Crippen MR) is 89.1 cm³/mol. The summed E-state index contributed by atoms with van der Waals surface area (Å²) in [6.07, 6.45) is 5.98. The molecule has 1 aliphatic carbocycles. The first kappa shape index (κ1) is 14.1. The van der Waals surface area contributed by atoms with Crippen LogP contribution >= 0.6 is 11.3 Å². The number of hydrogen-bond donors (Lipinski definition) is 2. The number of nitrogens with one attached hydrogen (secondary N) is 1. The Kier molecular flexibility index (Phi) is 3.97. The van der Waals surface area contributed by atoms with Crippen molar-refractivity contribution in [2.75, 3.05) is 11.1 Å². The number of rotatable bonds is 2. The number of nitrogens with two attached hydrogens (primary N) is 1. The Morgan fingerprint density at radius 2 is 2.00 bits per heavy atom. The van der Waals surface area contributed by atoms with Crippen LogP contribution < -0.4 is 11.1 Å². The van der Waals surface area contributed by atoms with Gasteiger partial charge in [-0.15, -0.1) is 11.3 Å². The largest absolute Gasteiger partial charge is 0.397 e. The molecule has 0 unspecified atom stereocenters. The van der Waals surface area contributed by atoms with Gasteiger partial charge in [-0.25, -0.2) is 0 Å². The Labute approximate surface area is 129 Å². The maximum Gasteiger partial charge on any atom is 0.265 e. The first-order chi connectivity index (χ1) is 10.1. The van der Waals surface area contributed by atoms with Crippen molar-refractivity contribution in [3.63, 3.8) is 0 Å². The number of aryl methyl sites for hydroxylation is 3. The molecule has 0 atom stereocenters. The number of carbonyl (C=O) groups excluding carboxylic acids is 1. The highest BCUT2D eigenvalue weighted by molar-refractivity contribution is 7.14. The molecule has 0 spiro atoms. The third kappa shape index (κ3) is 3.10. The summed E-state index contributed by atoms with van der Waals surface area (Å²) in [4.78, 5) is 14.6. The summed E-state index contributed by atoms with van der Waals surface area (Å²) in [5.74, 6) is -0.0506. The van der Waals surface area contributed by atoms with Gasteiger partial charge in [0.1, 0.15) is 0 Å². The number of carbonyl (C=O) groups is 1. The highest BCUT2D eigenvalue weighted by Crippen LogP contribution is 2.30. The van der Waals surface area contributed by atoms with Crippen molar-refractivity contribution in [1.82, 2.24) is 0 Å². The number of amides is 1. The van der Waals surface area contributed by atoms with Gasteiger partial charge in [0.15, 0.2) is 0 Å². The standard InChI is InChI=1S/C17H20N2OS/c1-11-7-8-13(18)14(9-11)19-17(20)16-10-12-5-3-2-4-6-15(12)21-16/h7-10H,2-6,18H2,1H3,(H,19,20). The van der Waals surface area contributed by atoms with Gasteiger partial charge in [0, 0.05) is 4.88 Å². The molecule has 4 heteroatoms. The number of anilines is 2. The average Bonchev–Trinajstić information content (AvgIpc) is 2.74. The van der Waals surface area contributed by atoms with Crippen LogP contribution in [0.1, 0.15) is 44.9 Å². The van der Waals surface area contributed by atoms with E-state index in [1.54, 1.807) is 11.3 Å². The second-order valence-corrected chi connectivity index (χ2v) is 6.80. The quantitative estimate of drug-likeness (QED) is 0.646. The van der Waals surface area contributed by atoms with Crippen LogP contribution in [0.25, 0.3) is 0 Å². The number of hydrogen-bond acceptors (Lipinski definition) is 3. The molecule has 21 heavy (non-hydrogen) atoms. The number of thiophene rings is 1. The predicted octanol–water partition coefficient (Wildman–Crippen LogP) is 4.16. The maximum absolute atomic E-state index is 12.4. The minimum atomic E-state index is -0.0506. The number of nitrogen functional groups attached to an aromatic ring is 1. The molecule has 0 bridgehead atoms. The van der Waals surface area contributed by atoms with Crippen molar-refractivity contribution in [3.05, 3.63) is 45.1 Å². The molecule has 1 aromatic carbocycles. The third-order valence-corrected chi connectivity index (χ3v) is 5.16. The summed E-state index contributed by atoms with van der Waals surface area (Å²) >= 11 is 1.63. The lowest BCUT2D eigenvalue weighted by Gasteiger charge is -2.08. The summed E-state index contributed by atoms with van der Waals surface area (Å²) in [6.45, 7) is 1.99. The normalized spacial score (nSPS) is 14.3. The van der Waals surface area contributed by atoms with E-state index in [1.807, 2.05) is 25.1 Å². The first-order valence-corrected chi connectivity index (χ1v) is 8.24. The van der Waals surface area contributed by atoms with Crippen molar-refractivity contribution < 1.29 is 4.79 Å². The molecule has 2 aromatic rings. The minimum Gasteiger partial charge on any atom is -0.397 e. The lowest BCUT2D eigenvalue weighted by molar-refractivity contribution is 0.103. The summed E-state index contributed by atoms with van der Waals surface area (Å²) in [5.41, 5.74) is 9.67. The van der Waals surface area contributed by atoms with E-state index >= 15 is 0 Å². The molecule has 1 amide bonds. The minimum absolute atomic E-state index is 0.0506. The smallest absolute Gasteiger partial charge is 0.265 e. The topological polar surface area (TPSA) is 55.1 Å². The van der Waals surface area contributed by atoms with Crippen LogP contribution in [0.5, 0.6) is 0 Å². The fraction of sp³-hybridized carbons (Fsp3) is 0.353. The van der Waals surface area contributed by atoms with Gasteiger partial charge in [0.05, 0.1) is 16.3 Å². The highest BCUT2D eigenvalue weighted by atomic mass is 32.1. The van der Waals surface area contributed by atoms with Gasteiger partial charge in [-0.1, -0.05) is 12.5 Å². The molecule has 0 saturated carbocycles. The molecule has 3 nitrogen and oxygen atoms in total. The molecular formula is C17H20N2OS. The van der Waals surface area contributed by atoms with Crippen LogP contribution in [0.3, 0.4) is 0 Å². The highest BCUT2D eigenvalue weighted by Gasteiger charge is 2.17. The van der Waals surface area contributed by atoms with Gasteiger partial charge < -0.3 is 11.1 Å². The summed E-state index contributed by atoms with van der Waals surface area (Å²) in [5, 5.41) is 2.94. The van der Waals surface area contributed by atoms with Crippen molar-refractivity contribution in [1.29, 1.82) is 0 Å². The zero-order chi connectivity index (χ0) is 14.8. The third-order valence-electron chi connectivity index (χ3n) is 3.93. The summed E-state index contributed by atoms with van der Waals surface area (Å²) < 4.78 is 0. The molecule has 0 fully saturated rings. The van der Waals surface area contributed by atoms with Crippen LogP contribution in [-0.4, -0.2) is 5.91 Å². The van der Waals surface area contributed by atoms with Crippen LogP contribution in [0, 0.1) is 6.92 Å². The zero-order valence-electron chi connectivity index (χ0n) is 12.2. The van der Waals surface area contributed by atoms with Gasteiger partial charge in [-0.05, 0) is 61.9 Å². The van der Waals surface area contributed by atoms with Crippen molar-refractivity contribution >= 4 is 28.6 Å². The SMILES string of the molecule is Cc1ccc(N)c(NC(=O)c2cc3c(s2)CCCCC3)c1. The summed E-state index contributed by atoms with van der Waals surface area (Å²) in [6, 6.07) is 7.74. The van der Waals surface area contributed by atoms with Gasteiger partial charge >= 0.3 is 0 Å². The van der Waals surface area contributed by atoms with Gasteiger partial charge in [0.25, 0.3) is 5.91 Å². The molecule has 0 aliphatic heterocycles. The zero-order valence-corrected chi connectivity index (χ0v) is 13.1. The molecule has 3 rings (SSSR count). The molecule has 0 radical (unpaired) electrons. The Morgan fingerprint density at radius 3 is 2.86 bits per heavy atom. The Bertz CT molecular complexity index is 652. The van der Waals surface area contributed by atoms with Gasteiger partial charge in [-0.2, -0.15) is 0 Å². The molecule has 1 aromatic heterocycles. The van der Waals surface area contributed by atoms with Crippen molar-refractivity contribution in [3.8, 4) is 0 Å². The van der Waals surface area contributed by atoms with Crippen molar-refractivity contribution in [2.24, 2.45) is 0 Å². The Balaban J connectivity index is 1.81. The molecule has 0 saturated heterocycles. The van der Waals surface area contributed by atoms with E-state index in [2.05, 4.69) is 11.4 Å².